The van der Waals surface area contributed by atoms with Crippen molar-refractivity contribution >= 4 is 11.4 Å². The van der Waals surface area contributed by atoms with E-state index in [4.69, 9.17) is 0 Å². The summed E-state index contributed by atoms with van der Waals surface area (Å²) >= 11 is 0. The first-order chi connectivity index (χ1) is 12.2. The molecule has 2 nitrogen and oxygen atoms in total. The van der Waals surface area contributed by atoms with Crippen molar-refractivity contribution < 1.29 is 0 Å². The number of hydrogen-bond acceptors (Lipinski definition) is 2. The molecule has 26 heavy (non-hydrogen) atoms. The largest absolute Gasteiger partial charge is 0.380 e. The lowest BCUT2D eigenvalue weighted by Crippen LogP contribution is -2.51. The van der Waals surface area contributed by atoms with E-state index in [1.54, 1.807) is 0 Å². The van der Waals surface area contributed by atoms with E-state index >= 15 is 0 Å². The second-order valence-electron chi connectivity index (χ2n) is 9.67. The van der Waals surface area contributed by atoms with Crippen LogP contribution in [0, 0.1) is 13.8 Å². The van der Waals surface area contributed by atoms with Crippen molar-refractivity contribution in [1.29, 1.82) is 0 Å². The number of anilines is 2. The summed E-state index contributed by atoms with van der Waals surface area (Å²) in [4.78, 5) is 0. The van der Waals surface area contributed by atoms with Crippen molar-refractivity contribution in [1.82, 2.24) is 0 Å². The van der Waals surface area contributed by atoms with Crippen molar-refractivity contribution in [3.8, 4) is 0 Å². The Morgan fingerprint density at radius 1 is 0.692 bits per heavy atom. The minimum atomic E-state index is 0.190. The third-order valence-electron chi connectivity index (χ3n) is 6.61. The lowest BCUT2D eigenvalue weighted by molar-refractivity contribution is 0.337. The molecule has 2 heterocycles. The number of fused-ring (bicyclic) bond motifs is 2. The molecule has 0 aliphatic carbocycles. The quantitative estimate of drug-likeness (QED) is 0.667. The molecule has 2 aliphatic heterocycles. The van der Waals surface area contributed by atoms with Crippen LogP contribution in [0.2, 0.25) is 0 Å². The molecule has 2 aliphatic rings. The Labute approximate surface area is 158 Å². The first kappa shape index (κ1) is 17.5. The zero-order chi connectivity index (χ0) is 18.7. The van der Waals surface area contributed by atoms with Gasteiger partial charge >= 0.3 is 0 Å². The molecule has 0 spiro atoms. The van der Waals surface area contributed by atoms with Gasteiger partial charge in [-0.3, -0.25) is 0 Å². The molecule has 0 radical (unpaired) electrons. The van der Waals surface area contributed by atoms with Gasteiger partial charge < -0.3 is 10.6 Å². The van der Waals surface area contributed by atoms with Crippen LogP contribution in [-0.2, 0) is 10.8 Å². The summed E-state index contributed by atoms with van der Waals surface area (Å²) in [5.74, 6) is 0. The summed E-state index contributed by atoms with van der Waals surface area (Å²) in [6, 6.07) is 14.3. The van der Waals surface area contributed by atoms with Gasteiger partial charge in [-0.1, -0.05) is 64.1 Å². The number of hydrogen-bond donors (Lipinski definition) is 2. The predicted octanol–water partition coefficient (Wildman–Crippen LogP) is 5.93. The van der Waals surface area contributed by atoms with Crippen molar-refractivity contribution in [2.24, 2.45) is 0 Å². The molecule has 2 N–H and O–H groups in total. The first-order valence-electron chi connectivity index (χ1n) is 9.92. The summed E-state index contributed by atoms with van der Waals surface area (Å²) in [5.41, 5.74) is 8.71. The second-order valence-corrected chi connectivity index (χ2v) is 9.67. The van der Waals surface area contributed by atoms with E-state index in [0.717, 1.165) is 12.8 Å². The molecule has 0 saturated heterocycles. The molecule has 0 saturated carbocycles. The van der Waals surface area contributed by atoms with Gasteiger partial charge in [0.05, 0.1) is 0 Å². The Bertz CT molecular complexity index is 776. The highest BCUT2D eigenvalue weighted by molar-refractivity contribution is 5.65. The Hall–Kier alpha value is -1.96. The molecule has 2 heteroatoms. The number of para-hydroxylation sites is 2. The maximum absolute atomic E-state index is 3.92. The van der Waals surface area contributed by atoms with Gasteiger partial charge in [0, 0.05) is 23.5 Å². The molecule has 0 amide bonds. The minimum absolute atomic E-state index is 0.190. The summed E-state index contributed by atoms with van der Waals surface area (Å²) in [5, 5.41) is 7.83. The minimum Gasteiger partial charge on any atom is -0.380 e. The third kappa shape index (κ3) is 2.71. The van der Waals surface area contributed by atoms with Crippen LogP contribution in [0.1, 0.15) is 62.8 Å². The van der Waals surface area contributed by atoms with Crippen molar-refractivity contribution in [2.75, 3.05) is 10.6 Å². The van der Waals surface area contributed by atoms with E-state index in [1.807, 2.05) is 0 Å². The molecular formula is C24H32N2. The molecule has 138 valence electrons. The molecule has 4 rings (SSSR count). The van der Waals surface area contributed by atoms with E-state index in [0.29, 0.717) is 12.1 Å². The summed E-state index contributed by atoms with van der Waals surface area (Å²) in [7, 11) is 0. The Morgan fingerprint density at radius 3 is 1.46 bits per heavy atom. The van der Waals surface area contributed by atoms with Gasteiger partial charge in [0.2, 0.25) is 0 Å². The van der Waals surface area contributed by atoms with Crippen LogP contribution in [0.15, 0.2) is 36.4 Å². The maximum Gasteiger partial charge on any atom is 0.0471 e. The third-order valence-corrected chi connectivity index (χ3v) is 6.61. The predicted molar refractivity (Wildman–Crippen MR) is 112 cm³/mol. The van der Waals surface area contributed by atoms with Crippen molar-refractivity contribution in [3.63, 3.8) is 0 Å². The molecule has 0 aromatic heterocycles. The van der Waals surface area contributed by atoms with Crippen molar-refractivity contribution in [3.05, 3.63) is 58.7 Å². The number of aryl methyl sites for hydroxylation is 2. The van der Waals surface area contributed by atoms with Crippen LogP contribution in [-0.4, -0.2) is 12.1 Å². The fourth-order valence-corrected chi connectivity index (χ4v) is 5.12. The van der Waals surface area contributed by atoms with E-state index in [2.05, 4.69) is 88.6 Å². The van der Waals surface area contributed by atoms with E-state index in [1.165, 1.54) is 33.6 Å². The molecular weight excluding hydrogens is 316 g/mol. The fourth-order valence-electron chi connectivity index (χ4n) is 5.12. The highest BCUT2D eigenvalue weighted by Crippen LogP contribution is 2.46. The van der Waals surface area contributed by atoms with Crippen LogP contribution < -0.4 is 10.6 Å². The normalized spacial score (nSPS) is 25.5. The lowest BCUT2D eigenvalue weighted by Gasteiger charge is -2.47. The SMILES string of the molecule is Cc1cccc2c1N[C@H]([C@@H]1CC(C)(C)c3cccc(C)c3N1)CC2(C)C. The Balaban J connectivity index is 1.72. The topological polar surface area (TPSA) is 24.1 Å². The molecule has 2 aromatic rings. The standard InChI is InChI=1S/C24H32N2/c1-15-9-7-11-17-21(15)25-19(13-23(17,3)4)20-14-24(5,6)18-12-8-10-16(2)22(18)26-20/h7-12,19-20,25-26H,13-14H2,1-6H3/t19-,20-/m0/s1. The molecule has 2 aromatic carbocycles. The van der Waals surface area contributed by atoms with Crippen LogP contribution in [0.25, 0.3) is 0 Å². The zero-order valence-corrected chi connectivity index (χ0v) is 17.0. The highest BCUT2D eigenvalue weighted by atomic mass is 15.1. The smallest absolute Gasteiger partial charge is 0.0471 e. The van der Waals surface area contributed by atoms with Gasteiger partial charge in [-0.05, 0) is 59.8 Å². The Kier molecular flexibility index (Phi) is 3.87. The monoisotopic (exact) mass is 348 g/mol. The maximum atomic E-state index is 3.92. The molecule has 0 fully saturated rings. The summed E-state index contributed by atoms with van der Waals surface area (Å²) in [6.45, 7) is 14.0. The molecule has 0 unspecified atom stereocenters. The second kappa shape index (κ2) is 5.77. The highest BCUT2D eigenvalue weighted by Gasteiger charge is 2.41. The fraction of sp³-hybridized carbons (Fsp3) is 0.500. The lowest BCUT2D eigenvalue weighted by atomic mass is 9.68. The zero-order valence-electron chi connectivity index (χ0n) is 17.0. The van der Waals surface area contributed by atoms with Gasteiger partial charge in [0.15, 0.2) is 0 Å². The van der Waals surface area contributed by atoms with Crippen molar-refractivity contribution in [2.45, 2.75) is 77.3 Å². The van der Waals surface area contributed by atoms with Gasteiger partial charge in [-0.2, -0.15) is 0 Å². The first-order valence-corrected chi connectivity index (χ1v) is 9.92. The van der Waals surface area contributed by atoms with Crippen LogP contribution in [0.5, 0.6) is 0 Å². The van der Waals surface area contributed by atoms with E-state index in [9.17, 15) is 0 Å². The van der Waals surface area contributed by atoms with Crippen LogP contribution in [0.3, 0.4) is 0 Å². The number of benzene rings is 2. The van der Waals surface area contributed by atoms with E-state index in [-0.39, 0.29) is 10.8 Å². The summed E-state index contributed by atoms with van der Waals surface area (Å²) in [6.07, 6.45) is 2.30. The average Bonchev–Trinajstić information content (AvgIpc) is 2.55. The Morgan fingerprint density at radius 2 is 1.08 bits per heavy atom. The van der Waals surface area contributed by atoms with Crippen LogP contribution in [0.4, 0.5) is 11.4 Å². The number of rotatable bonds is 1. The number of nitrogens with one attached hydrogen (secondary N) is 2. The van der Waals surface area contributed by atoms with Crippen LogP contribution >= 0.6 is 0 Å². The average molecular weight is 349 g/mol. The van der Waals surface area contributed by atoms with E-state index < -0.39 is 0 Å². The summed E-state index contributed by atoms with van der Waals surface area (Å²) < 4.78 is 0. The molecule has 2 atom stereocenters. The van der Waals surface area contributed by atoms with Gasteiger partial charge in [-0.25, -0.2) is 0 Å². The van der Waals surface area contributed by atoms with Gasteiger partial charge in [0.1, 0.15) is 0 Å². The molecule has 0 bridgehead atoms. The van der Waals surface area contributed by atoms with Gasteiger partial charge in [-0.15, -0.1) is 0 Å². The van der Waals surface area contributed by atoms with Gasteiger partial charge in [0.25, 0.3) is 0 Å².